The lowest BCUT2D eigenvalue weighted by Gasteiger charge is -2.35. The van der Waals surface area contributed by atoms with Crippen molar-refractivity contribution in [3.05, 3.63) is 59.9 Å². The minimum atomic E-state index is -0.114. The maximum atomic E-state index is 12.4. The van der Waals surface area contributed by atoms with Crippen LogP contribution in [-0.4, -0.2) is 53.0 Å². The summed E-state index contributed by atoms with van der Waals surface area (Å²) in [7, 11) is 0. The van der Waals surface area contributed by atoms with Crippen LogP contribution in [0.15, 0.2) is 48.7 Å². The number of hydrogen-bond donors (Lipinski definition) is 1. The molecule has 1 amide bonds. The first-order valence-corrected chi connectivity index (χ1v) is 11.2. The molecule has 1 N–H and O–H groups in total. The highest BCUT2D eigenvalue weighted by Gasteiger charge is 2.23. The summed E-state index contributed by atoms with van der Waals surface area (Å²) >= 11 is 1.90. The Morgan fingerprint density at radius 3 is 2.82 bits per heavy atom. The summed E-state index contributed by atoms with van der Waals surface area (Å²) in [4.78, 5) is 19.2. The van der Waals surface area contributed by atoms with Crippen molar-refractivity contribution in [2.24, 2.45) is 0 Å². The van der Waals surface area contributed by atoms with Crippen LogP contribution in [0.4, 0.5) is 0 Å². The summed E-state index contributed by atoms with van der Waals surface area (Å²) in [5.41, 5.74) is 1.45. The van der Waals surface area contributed by atoms with E-state index in [9.17, 15) is 4.79 Å². The second kappa shape index (κ2) is 10.5. The fourth-order valence-corrected chi connectivity index (χ4v) is 4.15. The lowest BCUT2D eigenvalue weighted by atomic mass is 10.1. The number of benzene rings is 1. The topological polar surface area (TPSA) is 54.5 Å². The Balaban J connectivity index is 1.50. The highest BCUT2D eigenvalue weighted by atomic mass is 32.2. The van der Waals surface area contributed by atoms with E-state index in [1.165, 1.54) is 5.75 Å². The molecule has 1 aliphatic heterocycles. The average molecular weight is 400 g/mol. The Bertz CT molecular complexity index is 748. The van der Waals surface area contributed by atoms with Crippen molar-refractivity contribution < 1.29 is 9.53 Å². The Labute approximate surface area is 171 Å². The summed E-state index contributed by atoms with van der Waals surface area (Å²) < 4.78 is 6.17. The number of likely N-dealkylation sites (tertiary alicyclic amines) is 1. The van der Waals surface area contributed by atoms with Gasteiger partial charge in [-0.2, -0.15) is 11.8 Å². The van der Waals surface area contributed by atoms with Gasteiger partial charge in [0.15, 0.2) is 0 Å². The maximum Gasteiger partial charge on any atom is 0.251 e. The van der Waals surface area contributed by atoms with E-state index in [0.717, 1.165) is 37.4 Å². The zero-order valence-electron chi connectivity index (χ0n) is 16.6. The van der Waals surface area contributed by atoms with Gasteiger partial charge >= 0.3 is 0 Å². The summed E-state index contributed by atoms with van der Waals surface area (Å²) in [5.74, 6) is 1.82. The van der Waals surface area contributed by atoms with Crippen LogP contribution in [-0.2, 0) is 6.54 Å². The van der Waals surface area contributed by atoms with Crippen molar-refractivity contribution >= 4 is 17.7 Å². The van der Waals surface area contributed by atoms with Gasteiger partial charge in [-0.3, -0.25) is 14.7 Å². The van der Waals surface area contributed by atoms with E-state index in [-0.39, 0.29) is 12.0 Å². The zero-order chi connectivity index (χ0) is 19.8. The third-order valence-corrected chi connectivity index (χ3v) is 5.88. The molecule has 0 radical (unpaired) electrons. The third-order valence-electron chi connectivity index (χ3n) is 5.06. The number of pyridine rings is 1. The van der Waals surface area contributed by atoms with Gasteiger partial charge in [0.25, 0.3) is 5.91 Å². The third kappa shape index (κ3) is 5.97. The zero-order valence-corrected chi connectivity index (χ0v) is 17.5. The Morgan fingerprint density at radius 1 is 1.29 bits per heavy atom. The van der Waals surface area contributed by atoms with Gasteiger partial charge in [-0.25, -0.2) is 0 Å². The Morgan fingerprint density at radius 2 is 2.11 bits per heavy atom. The second-order valence-electron chi connectivity index (χ2n) is 7.19. The standard InChI is InChI=1S/C22H29N3O2S/c1-17(16-28-2)25-12-9-20(10-13-25)27-21-8-5-6-18(14-21)22(26)24-15-19-7-3-4-11-23-19/h3-8,11,14,17,20H,9-10,12-13,15-16H2,1-2H3,(H,24,26)/t17-/m0/s1. The molecular weight excluding hydrogens is 370 g/mol. The lowest BCUT2D eigenvalue weighted by Crippen LogP contribution is -2.43. The van der Waals surface area contributed by atoms with Gasteiger partial charge in [0, 0.05) is 36.6 Å². The van der Waals surface area contributed by atoms with E-state index >= 15 is 0 Å². The molecule has 1 aliphatic rings. The molecule has 150 valence electrons. The SMILES string of the molecule is CSC[C@H](C)N1CCC(Oc2cccc(C(=O)NCc3ccccn3)c2)CC1. The van der Waals surface area contributed by atoms with E-state index in [0.29, 0.717) is 18.2 Å². The van der Waals surface area contributed by atoms with Gasteiger partial charge in [0.05, 0.1) is 12.2 Å². The van der Waals surface area contributed by atoms with Gasteiger partial charge in [-0.05, 0) is 56.4 Å². The van der Waals surface area contributed by atoms with E-state index in [1.54, 1.807) is 6.20 Å². The molecule has 1 atom stereocenters. The summed E-state index contributed by atoms with van der Waals surface area (Å²) in [6.45, 7) is 4.84. The molecule has 0 aliphatic carbocycles. The van der Waals surface area contributed by atoms with Gasteiger partial charge in [0.1, 0.15) is 11.9 Å². The van der Waals surface area contributed by atoms with Gasteiger partial charge < -0.3 is 10.1 Å². The normalized spacial score (nSPS) is 16.5. The Hall–Kier alpha value is -2.05. The van der Waals surface area contributed by atoms with Crippen LogP contribution in [0.25, 0.3) is 0 Å². The number of rotatable bonds is 8. The lowest BCUT2D eigenvalue weighted by molar-refractivity contribution is 0.0849. The minimum Gasteiger partial charge on any atom is -0.490 e. The number of piperidine rings is 1. The summed E-state index contributed by atoms with van der Waals surface area (Å²) in [6.07, 6.45) is 6.14. The van der Waals surface area contributed by atoms with E-state index < -0.39 is 0 Å². The summed E-state index contributed by atoms with van der Waals surface area (Å²) in [6, 6.07) is 13.7. The first-order valence-electron chi connectivity index (χ1n) is 9.83. The molecule has 2 heterocycles. The first kappa shape index (κ1) is 20.7. The van der Waals surface area contributed by atoms with Crippen LogP contribution in [0, 0.1) is 0 Å². The number of thioether (sulfide) groups is 1. The molecule has 5 nitrogen and oxygen atoms in total. The fourth-order valence-electron chi connectivity index (χ4n) is 3.46. The van der Waals surface area contributed by atoms with E-state index in [2.05, 4.69) is 28.4 Å². The highest BCUT2D eigenvalue weighted by molar-refractivity contribution is 7.98. The predicted molar refractivity (Wildman–Crippen MR) is 115 cm³/mol. The molecule has 6 heteroatoms. The van der Waals surface area contributed by atoms with Crippen LogP contribution in [0.2, 0.25) is 0 Å². The number of ether oxygens (including phenoxy) is 1. The van der Waals surface area contributed by atoms with Gasteiger partial charge in [-0.1, -0.05) is 12.1 Å². The average Bonchev–Trinajstić information content (AvgIpc) is 2.73. The predicted octanol–water partition coefficient (Wildman–Crippen LogP) is 3.61. The molecule has 0 spiro atoms. The van der Waals surface area contributed by atoms with E-state index in [1.807, 2.05) is 54.2 Å². The number of nitrogens with zero attached hydrogens (tertiary/aromatic N) is 2. The largest absolute Gasteiger partial charge is 0.490 e. The van der Waals surface area contributed by atoms with Crippen LogP contribution in [0.3, 0.4) is 0 Å². The number of carbonyl (C=O) groups is 1. The molecule has 28 heavy (non-hydrogen) atoms. The summed E-state index contributed by atoms with van der Waals surface area (Å²) in [5, 5.41) is 2.91. The minimum absolute atomic E-state index is 0.114. The van der Waals surface area contributed by atoms with Crippen LogP contribution in [0.5, 0.6) is 5.75 Å². The molecule has 1 saturated heterocycles. The molecule has 0 unspecified atom stereocenters. The molecule has 1 aromatic heterocycles. The maximum absolute atomic E-state index is 12.4. The smallest absolute Gasteiger partial charge is 0.251 e. The Kier molecular flexibility index (Phi) is 7.74. The number of hydrogen-bond acceptors (Lipinski definition) is 5. The van der Waals surface area contributed by atoms with Crippen molar-refractivity contribution in [2.45, 2.75) is 38.5 Å². The molecular formula is C22H29N3O2S. The second-order valence-corrected chi connectivity index (χ2v) is 8.10. The molecule has 3 rings (SSSR count). The van der Waals surface area contributed by atoms with Crippen LogP contribution in [0.1, 0.15) is 35.8 Å². The number of amides is 1. The quantitative estimate of drug-likeness (QED) is 0.735. The molecule has 1 aromatic carbocycles. The number of aromatic nitrogens is 1. The number of nitrogens with one attached hydrogen (secondary N) is 1. The first-order chi connectivity index (χ1) is 13.7. The highest BCUT2D eigenvalue weighted by Crippen LogP contribution is 2.22. The fraction of sp³-hybridized carbons (Fsp3) is 0.455. The van der Waals surface area contributed by atoms with Crippen molar-refractivity contribution in [1.29, 1.82) is 0 Å². The van der Waals surface area contributed by atoms with Crippen molar-refractivity contribution in [3.63, 3.8) is 0 Å². The molecule has 0 saturated carbocycles. The van der Waals surface area contributed by atoms with E-state index in [4.69, 9.17) is 4.74 Å². The molecule has 1 fully saturated rings. The molecule has 2 aromatic rings. The van der Waals surface area contributed by atoms with Crippen molar-refractivity contribution in [1.82, 2.24) is 15.2 Å². The van der Waals surface area contributed by atoms with Crippen molar-refractivity contribution in [3.8, 4) is 5.75 Å². The van der Waals surface area contributed by atoms with Crippen LogP contribution >= 0.6 is 11.8 Å². The van der Waals surface area contributed by atoms with Gasteiger partial charge in [-0.15, -0.1) is 0 Å². The molecule has 0 bridgehead atoms. The van der Waals surface area contributed by atoms with Crippen LogP contribution < -0.4 is 10.1 Å². The van der Waals surface area contributed by atoms with Crippen molar-refractivity contribution in [2.75, 3.05) is 25.1 Å². The number of carbonyl (C=O) groups excluding carboxylic acids is 1. The monoisotopic (exact) mass is 399 g/mol. The van der Waals surface area contributed by atoms with Gasteiger partial charge in [0.2, 0.25) is 0 Å².